The molecule has 1 fully saturated rings. The zero-order valence-electron chi connectivity index (χ0n) is 10.5. The topological polar surface area (TPSA) is 27.7 Å². The van der Waals surface area contributed by atoms with E-state index in [0.717, 1.165) is 37.2 Å². The first kappa shape index (κ1) is 13.3. The number of ether oxygens (including phenoxy) is 3. The van der Waals surface area contributed by atoms with Crippen molar-refractivity contribution >= 4 is 23.2 Å². The fourth-order valence-corrected chi connectivity index (χ4v) is 3.23. The van der Waals surface area contributed by atoms with E-state index in [1.54, 1.807) is 6.07 Å². The van der Waals surface area contributed by atoms with Crippen LogP contribution in [0.25, 0.3) is 0 Å². The van der Waals surface area contributed by atoms with Crippen LogP contribution in [0.1, 0.15) is 30.2 Å². The van der Waals surface area contributed by atoms with Crippen molar-refractivity contribution in [1.82, 2.24) is 0 Å². The van der Waals surface area contributed by atoms with E-state index in [9.17, 15) is 0 Å². The maximum absolute atomic E-state index is 6.47. The Hall–Kier alpha value is -0.640. The molecule has 3 rings (SSSR count). The highest BCUT2D eigenvalue weighted by molar-refractivity contribution is 6.33. The Kier molecular flexibility index (Phi) is 4.06. The third kappa shape index (κ3) is 2.93. The molecule has 1 aromatic carbocycles. The summed E-state index contributed by atoms with van der Waals surface area (Å²) in [5, 5.41) is 0.466. The van der Waals surface area contributed by atoms with Gasteiger partial charge in [0.15, 0.2) is 11.5 Å². The van der Waals surface area contributed by atoms with Crippen molar-refractivity contribution in [3.63, 3.8) is 0 Å². The van der Waals surface area contributed by atoms with Crippen molar-refractivity contribution in [3.05, 3.63) is 22.7 Å². The predicted octanol–water partition coefficient (Wildman–Crippen LogP) is 3.96. The van der Waals surface area contributed by atoms with Crippen LogP contribution in [0, 0.1) is 0 Å². The van der Waals surface area contributed by atoms with E-state index in [1.165, 1.54) is 0 Å². The second kappa shape index (κ2) is 5.78. The van der Waals surface area contributed by atoms with Gasteiger partial charge >= 0.3 is 0 Å². The summed E-state index contributed by atoms with van der Waals surface area (Å²) in [5.41, 5.74) is 0.892. The summed E-state index contributed by atoms with van der Waals surface area (Å²) in [6, 6.07) is 3.68. The third-order valence-electron chi connectivity index (χ3n) is 3.49. The predicted molar refractivity (Wildman–Crippen MR) is 74.6 cm³/mol. The van der Waals surface area contributed by atoms with Crippen molar-refractivity contribution in [2.75, 3.05) is 19.8 Å². The van der Waals surface area contributed by atoms with Gasteiger partial charge in [-0.25, -0.2) is 0 Å². The number of hydrogen-bond donors (Lipinski definition) is 0. The molecule has 0 amide bonds. The van der Waals surface area contributed by atoms with Gasteiger partial charge < -0.3 is 14.2 Å². The minimum atomic E-state index is -0.161. The molecular formula is C14H16Cl2O3. The molecule has 0 bridgehead atoms. The molecule has 1 saturated heterocycles. The van der Waals surface area contributed by atoms with Gasteiger partial charge in [0.05, 0.1) is 11.5 Å². The van der Waals surface area contributed by atoms with Crippen LogP contribution in [-0.4, -0.2) is 25.9 Å². The van der Waals surface area contributed by atoms with Crippen molar-refractivity contribution < 1.29 is 14.2 Å². The molecule has 19 heavy (non-hydrogen) atoms. The number of rotatable bonds is 3. The van der Waals surface area contributed by atoms with Crippen LogP contribution in [0.4, 0.5) is 0 Å². The van der Waals surface area contributed by atoms with E-state index in [1.807, 2.05) is 6.07 Å². The van der Waals surface area contributed by atoms with Crippen LogP contribution in [0.2, 0.25) is 5.02 Å². The van der Waals surface area contributed by atoms with Crippen molar-refractivity contribution in [3.8, 4) is 11.5 Å². The zero-order chi connectivity index (χ0) is 13.2. The van der Waals surface area contributed by atoms with Crippen LogP contribution >= 0.6 is 23.2 Å². The maximum Gasteiger partial charge on any atom is 0.162 e. The van der Waals surface area contributed by atoms with Crippen LogP contribution in [0.5, 0.6) is 11.5 Å². The van der Waals surface area contributed by atoms with Crippen LogP contribution < -0.4 is 9.47 Å². The summed E-state index contributed by atoms with van der Waals surface area (Å²) in [5.74, 6) is 1.42. The van der Waals surface area contributed by atoms with Crippen LogP contribution in [0.3, 0.4) is 0 Å². The van der Waals surface area contributed by atoms with Gasteiger partial charge in [0.25, 0.3) is 0 Å². The molecule has 3 nitrogen and oxygen atoms in total. The molecule has 2 unspecified atom stereocenters. The molecule has 0 radical (unpaired) electrons. The zero-order valence-corrected chi connectivity index (χ0v) is 12.0. The first-order chi connectivity index (χ1) is 9.24. The molecule has 2 atom stereocenters. The van der Waals surface area contributed by atoms with Crippen LogP contribution in [0.15, 0.2) is 12.1 Å². The highest BCUT2D eigenvalue weighted by Crippen LogP contribution is 2.41. The lowest BCUT2D eigenvalue weighted by Gasteiger charge is -2.22. The Bertz CT molecular complexity index is 458. The van der Waals surface area contributed by atoms with E-state index < -0.39 is 0 Å². The molecule has 0 spiro atoms. The van der Waals surface area contributed by atoms with Gasteiger partial charge in [0.1, 0.15) is 13.2 Å². The summed E-state index contributed by atoms with van der Waals surface area (Å²) < 4.78 is 16.7. The Morgan fingerprint density at radius 3 is 2.58 bits per heavy atom. The lowest BCUT2D eigenvalue weighted by atomic mass is 10.0. The molecular weight excluding hydrogens is 287 g/mol. The molecule has 104 valence electrons. The first-order valence-corrected chi connectivity index (χ1v) is 7.40. The standard InChI is InChI=1S/C14H16Cl2O3/c15-11(6-9-2-1-3-17-9)10-7-13-14(8-12(10)16)19-5-4-18-13/h7-9,11H,1-6H2. The van der Waals surface area contributed by atoms with Gasteiger partial charge in [-0.2, -0.15) is 0 Å². The van der Waals surface area contributed by atoms with E-state index in [4.69, 9.17) is 37.4 Å². The van der Waals surface area contributed by atoms with E-state index in [2.05, 4.69) is 0 Å². The largest absolute Gasteiger partial charge is 0.486 e. The Labute approximate surface area is 122 Å². The minimum absolute atomic E-state index is 0.161. The van der Waals surface area contributed by atoms with Crippen molar-refractivity contribution in [1.29, 1.82) is 0 Å². The Balaban J connectivity index is 1.78. The van der Waals surface area contributed by atoms with Crippen LogP contribution in [-0.2, 0) is 4.74 Å². The van der Waals surface area contributed by atoms with E-state index >= 15 is 0 Å². The monoisotopic (exact) mass is 302 g/mol. The molecule has 1 aromatic rings. The fraction of sp³-hybridized carbons (Fsp3) is 0.571. The number of alkyl halides is 1. The van der Waals surface area contributed by atoms with E-state index in [0.29, 0.717) is 24.0 Å². The second-order valence-electron chi connectivity index (χ2n) is 4.86. The maximum atomic E-state index is 6.47. The second-order valence-corrected chi connectivity index (χ2v) is 5.79. The van der Waals surface area contributed by atoms with Gasteiger partial charge in [0, 0.05) is 17.7 Å². The van der Waals surface area contributed by atoms with Gasteiger partial charge in [0.2, 0.25) is 0 Å². The Morgan fingerprint density at radius 1 is 1.16 bits per heavy atom. The van der Waals surface area contributed by atoms with Gasteiger partial charge in [-0.15, -0.1) is 11.6 Å². The normalized spacial score (nSPS) is 23.4. The molecule has 0 N–H and O–H groups in total. The fourth-order valence-electron chi connectivity index (χ4n) is 2.51. The highest BCUT2D eigenvalue weighted by atomic mass is 35.5. The third-order valence-corrected chi connectivity index (χ3v) is 4.23. The SMILES string of the molecule is Clc1cc2c(cc1C(Cl)CC1CCCO1)OCCO2. The minimum Gasteiger partial charge on any atom is -0.486 e. The smallest absolute Gasteiger partial charge is 0.162 e. The number of hydrogen-bond acceptors (Lipinski definition) is 3. The summed E-state index contributed by atoms with van der Waals surface area (Å²) in [6.45, 7) is 1.96. The lowest BCUT2D eigenvalue weighted by Crippen LogP contribution is -2.16. The van der Waals surface area contributed by atoms with Crippen molar-refractivity contribution in [2.45, 2.75) is 30.7 Å². The quantitative estimate of drug-likeness (QED) is 0.791. The highest BCUT2D eigenvalue weighted by Gasteiger charge is 2.24. The average molecular weight is 303 g/mol. The number of halogens is 2. The first-order valence-electron chi connectivity index (χ1n) is 6.59. The molecule has 2 heterocycles. The summed E-state index contributed by atoms with van der Waals surface area (Å²) >= 11 is 12.8. The molecule has 2 aliphatic rings. The lowest BCUT2D eigenvalue weighted by molar-refractivity contribution is 0.103. The van der Waals surface area contributed by atoms with E-state index in [-0.39, 0.29) is 11.5 Å². The summed E-state index contributed by atoms with van der Waals surface area (Å²) in [7, 11) is 0. The molecule has 2 aliphatic heterocycles. The molecule has 0 saturated carbocycles. The number of fused-ring (bicyclic) bond motifs is 1. The molecule has 0 aliphatic carbocycles. The van der Waals surface area contributed by atoms with Crippen molar-refractivity contribution in [2.24, 2.45) is 0 Å². The van der Waals surface area contributed by atoms with Gasteiger partial charge in [-0.05, 0) is 30.9 Å². The van der Waals surface area contributed by atoms with Gasteiger partial charge in [-0.1, -0.05) is 11.6 Å². The molecule has 0 aromatic heterocycles. The average Bonchev–Trinajstić information content (AvgIpc) is 2.90. The van der Waals surface area contributed by atoms with Gasteiger partial charge in [-0.3, -0.25) is 0 Å². The summed E-state index contributed by atoms with van der Waals surface area (Å²) in [6.07, 6.45) is 3.21. The number of benzene rings is 1. The summed E-state index contributed by atoms with van der Waals surface area (Å²) in [4.78, 5) is 0. The Morgan fingerprint density at radius 2 is 1.89 bits per heavy atom. The molecule has 5 heteroatoms.